The summed E-state index contributed by atoms with van der Waals surface area (Å²) >= 11 is 1.87. The lowest BCUT2D eigenvalue weighted by atomic mass is 9.86. The third kappa shape index (κ3) is 3.95. The highest BCUT2D eigenvalue weighted by molar-refractivity contribution is 7.15. The van der Waals surface area contributed by atoms with Crippen molar-refractivity contribution in [2.45, 2.75) is 65.5 Å². The molecule has 0 spiro atoms. The van der Waals surface area contributed by atoms with Crippen LogP contribution in [0.2, 0.25) is 0 Å². The van der Waals surface area contributed by atoms with Crippen molar-refractivity contribution < 1.29 is 0 Å². The van der Waals surface area contributed by atoms with Gasteiger partial charge < -0.3 is 10.2 Å². The molecule has 0 aliphatic heterocycles. The number of nitrogens with zero attached hydrogens (tertiary/aromatic N) is 2. The van der Waals surface area contributed by atoms with E-state index in [1.54, 1.807) is 0 Å². The monoisotopic (exact) mass is 295 g/mol. The zero-order valence-electron chi connectivity index (χ0n) is 13.4. The second kappa shape index (κ2) is 7.41. The lowest BCUT2D eigenvalue weighted by Gasteiger charge is -2.33. The van der Waals surface area contributed by atoms with Gasteiger partial charge in [-0.2, -0.15) is 0 Å². The largest absolute Gasteiger partial charge is 0.348 e. The van der Waals surface area contributed by atoms with Gasteiger partial charge in [-0.05, 0) is 38.6 Å². The minimum Gasteiger partial charge on any atom is -0.348 e. The minimum atomic E-state index is 0.681. The molecule has 1 N–H and O–H groups in total. The summed E-state index contributed by atoms with van der Waals surface area (Å²) in [6, 6.07) is 0.681. The number of thiazole rings is 1. The molecule has 1 aliphatic rings. The maximum atomic E-state index is 4.79. The van der Waals surface area contributed by atoms with Crippen LogP contribution in [0.15, 0.2) is 0 Å². The first-order valence-electron chi connectivity index (χ1n) is 8.01. The third-order valence-electron chi connectivity index (χ3n) is 4.35. The van der Waals surface area contributed by atoms with Crippen molar-refractivity contribution in [1.82, 2.24) is 10.3 Å². The molecule has 0 saturated heterocycles. The smallest absolute Gasteiger partial charge is 0.185 e. The van der Waals surface area contributed by atoms with Gasteiger partial charge in [0.05, 0.1) is 5.69 Å². The summed E-state index contributed by atoms with van der Waals surface area (Å²) in [5, 5.41) is 4.69. The van der Waals surface area contributed by atoms with Gasteiger partial charge in [0, 0.05) is 24.5 Å². The highest BCUT2D eigenvalue weighted by Crippen LogP contribution is 2.32. The Labute approximate surface area is 127 Å². The standard InChI is InChI=1S/C16H29N3S/c1-5-9-17-11-15-13(3)18-16(20-15)19(4)14-8-6-7-12(2)10-14/h12,14,17H,5-11H2,1-4H3. The van der Waals surface area contributed by atoms with Crippen LogP contribution < -0.4 is 10.2 Å². The molecule has 2 unspecified atom stereocenters. The molecule has 3 nitrogen and oxygen atoms in total. The van der Waals surface area contributed by atoms with Crippen LogP contribution in [0.3, 0.4) is 0 Å². The van der Waals surface area contributed by atoms with Crippen molar-refractivity contribution >= 4 is 16.5 Å². The van der Waals surface area contributed by atoms with E-state index in [9.17, 15) is 0 Å². The number of aryl methyl sites for hydroxylation is 1. The van der Waals surface area contributed by atoms with Crippen LogP contribution in [0.25, 0.3) is 0 Å². The fraction of sp³-hybridized carbons (Fsp3) is 0.812. The van der Waals surface area contributed by atoms with Gasteiger partial charge >= 0.3 is 0 Å². The summed E-state index contributed by atoms with van der Waals surface area (Å²) in [5.41, 5.74) is 1.20. The van der Waals surface area contributed by atoms with Crippen molar-refractivity contribution in [2.24, 2.45) is 5.92 Å². The second-order valence-electron chi connectivity index (χ2n) is 6.22. The number of aromatic nitrogens is 1. The molecule has 4 heteroatoms. The molecule has 1 fully saturated rings. The van der Waals surface area contributed by atoms with E-state index in [-0.39, 0.29) is 0 Å². The fourth-order valence-electron chi connectivity index (χ4n) is 3.02. The van der Waals surface area contributed by atoms with Gasteiger partial charge in [-0.25, -0.2) is 4.98 Å². The average Bonchev–Trinajstić information content (AvgIpc) is 2.80. The zero-order chi connectivity index (χ0) is 14.5. The van der Waals surface area contributed by atoms with Gasteiger partial charge in [0.15, 0.2) is 5.13 Å². The van der Waals surface area contributed by atoms with E-state index in [1.807, 2.05) is 11.3 Å². The first-order chi connectivity index (χ1) is 9.61. The highest BCUT2D eigenvalue weighted by Gasteiger charge is 2.24. The SMILES string of the molecule is CCCNCc1sc(N(C)C2CCCC(C)C2)nc1C. The van der Waals surface area contributed by atoms with Gasteiger partial charge in [-0.3, -0.25) is 0 Å². The van der Waals surface area contributed by atoms with Crippen LogP contribution >= 0.6 is 11.3 Å². The first kappa shape index (κ1) is 15.8. The van der Waals surface area contributed by atoms with E-state index >= 15 is 0 Å². The van der Waals surface area contributed by atoms with Crippen LogP contribution in [0.4, 0.5) is 5.13 Å². The zero-order valence-corrected chi connectivity index (χ0v) is 14.2. The van der Waals surface area contributed by atoms with E-state index in [2.05, 4.69) is 38.0 Å². The molecule has 2 rings (SSSR count). The number of rotatable bonds is 6. The molecular formula is C16H29N3S. The quantitative estimate of drug-likeness (QED) is 0.805. The predicted molar refractivity (Wildman–Crippen MR) is 88.7 cm³/mol. The number of hydrogen-bond acceptors (Lipinski definition) is 4. The molecule has 1 aliphatic carbocycles. The molecule has 0 amide bonds. The van der Waals surface area contributed by atoms with Gasteiger partial charge in [-0.15, -0.1) is 11.3 Å². The lowest BCUT2D eigenvalue weighted by Crippen LogP contribution is -2.35. The predicted octanol–water partition coefficient (Wildman–Crippen LogP) is 3.97. The summed E-state index contributed by atoms with van der Waals surface area (Å²) in [5.74, 6) is 0.864. The molecule has 1 heterocycles. The van der Waals surface area contributed by atoms with Crippen molar-refractivity contribution in [3.63, 3.8) is 0 Å². The summed E-state index contributed by atoms with van der Waals surface area (Å²) in [7, 11) is 2.23. The van der Waals surface area contributed by atoms with E-state index in [0.29, 0.717) is 6.04 Å². The Kier molecular flexibility index (Phi) is 5.85. The van der Waals surface area contributed by atoms with Gasteiger partial charge in [0.25, 0.3) is 0 Å². The van der Waals surface area contributed by atoms with Crippen LogP contribution in [0.5, 0.6) is 0 Å². The average molecular weight is 295 g/mol. The molecule has 1 aromatic heterocycles. The number of nitrogens with one attached hydrogen (secondary N) is 1. The van der Waals surface area contributed by atoms with Crippen molar-refractivity contribution in [3.05, 3.63) is 10.6 Å². The molecule has 0 bridgehead atoms. The number of hydrogen-bond donors (Lipinski definition) is 1. The maximum Gasteiger partial charge on any atom is 0.185 e. The van der Waals surface area contributed by atoms with Crippen molar-refractivity contribution in [3.8, 4) is 0 Å². The van der Waals surface area contributed by atoms with Gasteiger partial charge in [0.2, 0.25) is 0 Å². The van der Waals surface area contributed by atoms with Crippen LogP contribution in [0, 0.1) is 12.8 Å². The summed E-state index contributed by atoms with van der Waals surface area (Å²) < 4.78 is 0. The molecule has 0 aromatic carbocycles. The maximum absolute atomic E-state index is 4.79. The first-order valence-corrected chi connectivity index (χ1v) is 8.83. The normalized spacial score (nSPS) is 23.0. The molecular weight excluding hydrogens is 266 g/mol. The van der Waals surface area contributed by atoms with Gasteiger partial charge in [0.1, 0.15) is 0 Å². The Hall–Kier alpha value is -0.610. The van der Waals surface area contributed by atoms with Crippen molar-refractivity contribution in [1.29, 1.82) is 0 Å². The van der Waals surface area contributed by atoms with Crippen LogP contribution in [-0.4, -0.2) is 24.6 Å². The van der Waals surface area contributed by atoms with Crippen LogP contribution in [0.1, 0.15) is 56.5 Å². The molecule has 2 atom stereocenters. The third-order valence-corrected chi connectivity index (χ3v) is 5.60. The second-order valence-corrected chi connectivity index (χ2v) is 7.28. The Morgan fingerprint density at radius 1 is 1.40 bits per heavy atom. The molecule has 20 heavy (non-hydrogen) atoms. The Balaban J connectivity index is 1.99. The molecule has 0 radical (unpaired) electrons. The summed E-state index contributed by atoms with van der Waals surface area (Å²) in [6.45, 7) is 8.78. The molecule has 1 aromatic rings. The number of anilines is 1. The van der Waals surface area contributed by atoms with E-state index in [1.165, 1.54) is 47.8 Å². The van der Waals surface area contributed by atoms with E-state index in [4.69, 9.17) is 4.98 Å². The van der Waals surface area contributed by atoms with E-state index in [0.717, 1.165) is 19.0 Å². The van der Waals surface area contributed by atoms with E-state index < -0.39 is 0 Å². The minimum absolute atomic E-state index is 0.681. The van der Waals surface area contributed by atoms with Crippen LogP contribution in [-0.2, 0) is 6.54 Å². The lowest BCUT2D eigenvalue weighted by molar-refractivity contribution is 0.336. The summed E-state index contributed by atoms with van der Waals surface area (Å²) in [6.07, 6.45) is 6.59. The Bertz CT molecular complexity index is 416. The summed E-state index contributed by atoms with van der Waals surface area (Å²) in [4.78, 5) is 8.61. The van der Waals surface area contributed by atoms with Crippen molar-refractivity contribution in [2.75, 3.05) is 18.5 Å². The Morgan fingerprint density at radius 2 is 2.20 bits per heavy atom. The molecule has 114 valence electrons. The fourth-order valence-corrected chi connectivity index (χ4v) is 4.08. The molecule has 1 saturated carbocycles. The highest BCUT2D eigenvalue weighted by atomic mass is 32.1. The van der Waals surface area contributed by atoms with Gasteiger partial charge in [-0.1, -0.05) is 26.7 Å². The Morgan fingerprint density at radius 3 is 2.90 bits per heavy atom. The topological polar surface area (TPSA) is 28.2 Å².